The van der Waals surface area contributed by atoms with Crippen LogP contribution in [0.2, 0.25) is 0 Å². The molecule has 1 rings (SSSR count). The van der Waals surface area contributed by atoms with Crippen molar-refractivity contribution in [3.05, 3.63) is 24.8 Å². The summed E-state index contributed by atoms with van der Waals surface area (Å²) in [5.74, 6) is -1.53. The maximum atomic E-state index is 11.4. The van der Waals surface area contributed by atoms with E-state index in [2.05, 4.69) is 27.4 Å². The predicted molar refractivity (Wildman–Crippen MR) is 68.3 cm³/mol. The van der Waals surface area contributed by atoms with Gasteiger partial charge in [0.15, 0.2) is 12.7 Å². The molecule has 1 saturated heterocycles. The largest absolute Gasteiger partial charge is 0.508 e. The number of ether oxygens (including phenoxy) is 5. The first-order valence-corrected chi connectivity index (χ1v) is 6.05. The molecular weight excluding hydrogens is 284 g/mol. The zero-order valence-electron chi connectivity index (χ0n) is 11.4. The molecule has 1 aliphatic heterocycles. The highest BCUT2D eigenvalue weighted by Crippen LogP contribution is 2.06. The number of hydrogen-bond donors (Lipinski definition) is 0. The van der Waals surface area contributed by atoms with E-state index < -0.39 is 30.8 Å². The van der Waals surface area contributed by atoms with Gasteiger partial charge >= 0.3 is 18.1 Å². The summed E-state index contributed by atoms with van der Waals surface area (Å²) in [5.41, 5.74) is 0.0720. The summed E-state index contributed by atoms with van der Waals surface area (Å²) in [5, 5.41) is 0. The fourth-order valence-corrected chi connectivity index (χ4v) is 1.23. The van der Waals surface area contributed by atoms with Crippen LogP contribution >= 0.6 is 0 Å². The minimum Gasteiger partial charge on any atom is -0.459 e. The van der Waals surface area contributed by atoms with E-state index in [9.17, 15) is 14.4 Å². The number of carbonyl (C=O) groups excluding carboxylic acids is 3. The highest BCUT2D eigenvalue weighted by Gasteiger charge is 2.26. The normalized spacial score (nSPS) is 16.6. The monoisotopic (exact) mass is 300 g/mol. The third kappa shape index (κ3) is 6.57. The van der Waals surface area contributed by atoms with Crippen LogP contribution in [0.25, 0.3) is 0 Å². The van der Waals surface area contributed by atoms with E-state index in [0.29, 0.717) is 0 Å². The van der Waals surface area contributed by atoms with Crippen LogP contribution < -0.4 is 0 Å². The molecule has 116 valence electrons. The molecule has 0 aromatic heterocycles. The van der Waals surface area contributed by atoms with Crippen LogP contribution in [0.3, 0.4) is 0 Å². The standard InChI is InChI=1S/C13H16O8/c1-3-4-17-5-9(2)12(15)19-8-11(14)18-6-10-7-20-13(16)21-10/h3,10H,1-2,4-8H2. The van der Waals surface area contributed by atoms with Crippen molar-refractivity contribution in [2.75, 3.05) is 33.0 Å². The SMILES string of the molecule is C=CCOCC(=C)C(=O)OCC(=O)OCC1COC(=O)O1. The lowest BCUT2D eigenvalue weighted by Crippen LogP contribution is -2.24. The van der Waals surface area contributed by atoms with Crippen LogP contribution in [0, 0.1) is 0 Å². The van der Waals surface area contributed by atoms with Crippen molar-refractivity contribution in [3.63, 3.8) is 0 Å². The lowest BCUT2D eigenvalue weighted by atomic mass is 10.3. The molecule has 0 radical (unpaired) electrons. The maximum absolute atomic E-state index is 11.4. The van der Waals surface area contributed by atoms with Gasteiger partial charge in [0.05, 0.1) is 18.8 Å². The van der Waals surface area contributed by atoms with Crippen molar-refractivity contribution < 1.29 is 38.1 Å². The third-order valence-corrected chi connectivity index (χ3v) is 2.20. The molecule has 0 N–H and O–H groups in total. The molecule has 1 unspecified atom stereocenters. The Morgan fingerprint density at radius 2 is 2.10 bits per heavy atom. The fraction of sp³-hybridized carbons (Fsp3) is 0.462. The maximum Gasteiger partial charge on any atom is 0.508 e. The molecule has 0 bridgehead atoms. The Bertz CT molecular complexity index is 428. The topological polar surface area (TPSA) is 97.4 Å². The van der Waals surface area contributed by atoms with Crippen LogP contribution in [0.1, 0.15) is 0 Å². The van der Waals surface area contributed by atoms with Gasteiger partial charge in [0, 0.05) is 0 Å². The smallest absolute Gasteiger partial charge is 0.459 e. The summed E-state index contributed by atoms with van der Waals surface area (Å²) < 4.78 is 23.6. The van der Waals surface area contributed by atoms with Gasteiger partial charge in [-0.25, -0.2) is 14.4 Å². The quantitative estimate of drug-likeness (QED) is 0.198. The molecule has 1 atom stereocenters. The van der Waals surface area contributed by atoms with Crippen molar-refractivity contribution in [3.8, 4) is 0 Å². The average Bonchev–Trinajstić information content (AvgIpc) is 2.88. The molecule has 0 aromatic rings. The Balaban J connectivity index is 2.14. The zero-order valence-corrected chi connectivity index (χ0v) is 11.4. The third-order valence-electron chi connectivity index (χ3n) is 2.20. The van der Waals surface area contributed by atoms with Gasteiger partial charge in [-0.2, -0.15) is 0 Å². The highest BCUT2D eigenvalue weighted by atomic mass is 16.8. The Labute approximate surface area is 121 Å². The van der Waals surface area contributed by atoms with E-state index in [1.165, 1.54) is 6.08 Å². The summed E-state index contributed by atoms with van der Waals surface area (Å²) in [6.45, 7) is 6.45. The summed E-state index contributed by atoms with van der Waals surface area (Å²) in [6, 6.07) is 0. The second-order valence-electron chi connectivity index (χ2n) is 3.97. The van der Waals surface area contributed by atoms with Crippen LogP contribution in [-0.4, -0.2) is 57.2 Å². The van der Waals surface area contributed by atoms with Crippen LogP contribution in [0.4, 0.5) is 4.79 Å². The number of rotatable bonds is 9. The molecule has 0 aromatic carbocycles. The van der Waals surface area contributed by atoms with Crippen molar-refractivity contribution in [1.82, 2.24) is 0 Å². The fourth-order valence-electron chi connectivity index (χ4n) is 1.23. The molecule has 8 heteroatoms. The number of cyclic esters (lactones) is 2. The van der Waals surface area contributed by atoms with Crippen molar-refractivity contribution in [1.29, 1.82) is 0 Å². The van der Waals surface area contributed by atoms with Crippen molar-refractivity contribution in [2.24, 2.45) is 0 Å². The van der Waals surface area contributed by atoms with Gasteiger partial charge in [0.1, 0.15) is 13.2 Å². The van der Waals surface area contributed by atoms with Gasteiger partial charge in [0.2, 0.25) is 0 Å². The van der Waals surface area contributed by atoms with E-state index in [-0.39, 0.29) is 32.0 Å². The summed E-state index contributed by atoms with van der Waals surface area (Å²) in [6.07, 6.45) is 0.0768. The van der Waals surface area contributed by atoms with Gasteiger partial charge in [-0.05, 0) is 0 Å². The molecule has 8 nitrogen and oxygen atoms in total. The highest BCUT2D eigenvalue weighted by molar-refractivity contribution is 5.89. The van der Waals surface area contributed by atoms with E-state index in [4.69, 9.17) is 9.47 Å². The Hall–Kier alpha value is -2.35. The van der Waals surface area contributed by atoms with Crippen LogP contribution in [0.15, 0.2) is 24.8 Å². The molecule has 0 amide bonds. The molecule has 1 heterocycles. The summed E-state index contributed by atoms with van der Waals surface area (Å²) in [7, 11) is 0. The molecular formula is C13H16O8. The van der Waals surface area contributed by atoms with Gasteiger partial charge in [-0.1, -0.05) is 12.7 Å². The number of hydrogen-bond acceptors (Lipinski definition) is 8. The molecule has 0 spiro atoms. The minimum atomic E-state index is -0.807. The van der Waals surface area contributed by atoms with Gasteiger partial charge < -0.3 is 23.7 Å². The second-order valence-corrected chi connectivity index (χ2v) is 3.97. The lowest BCUT2D eigenvalue weighted by Gasteiger charge is -2.09. The number of carbonyl (C=O) groups is 3. The van der Waals surface area contributed by atoms with Gasteiger partial charge in [-0.15, -0.1) is 6.58 Å². The zero-order chi connectivity index (χ0) is 15.7. The van der Waals surface area contributed by atoms with E-state index in [1.54, 1.807) is 0 Å². The predicted octanol–water partition coefficient (Wildman–Crippen LogP) is 0.367. The molecule has 1 fully saturated rings. The van der Waals surface area contributed by atoms with Gasteiger partial charge in [-0.3, -0.25) is 0 Å². The molecule has 21 heavy (non-hydrogen) atoms. The second kappa shape index (κ2) is 8.75. The first-order chi connectivity index (χ1) is 10.0. The van der Waals surface area contributed by atoms with Crippen LogP contribution in [-0.2, 0) is 33.3 Å². The average molecular weight is 300 g/mol. The van der Waals surface area contributed by atoms with Crippen molar-refractivity contribution >= 4 is 18.1 Å². The van der Waals surface area contributed by atoms with E-state index >= 15 is 0 Å². The van der Waals surface area contributed by atoms with E-state index in [1.807, 2.05) is 0 Å². The van der Waals surface area contributed by atoms with Crippen LogP contribution in [0.5, 0.6) is 0 Å². The minimum absolute atomic E-state index is 0.0172. The molecule has 0 aliphatic carbocycles. The Morgan fingerprint density at radius 1 is 1.33 bits per heavy atom. The molecule has 0 saturated carbocycles. The first kappa shape index (κ1) is 16.7. The summed E-state index contributed by atoms with van der Waals surface area (Å²) in [4.78, 5) is 33.3. The van der Waals surface area contributed by atoms with E-state index in [0.717, 1.165) is 0 Å². The molecule has 1 aliphatic rings. The summed E-state index contributed by atoms with van der Waals surface area (Å²) >= 11 is 0. The van der Waals surface area contributed by atoms with Gasteiger partial charge in [0.25, 0.3) is 0 Å². The van der Waals surface area contributed by atoms with Crippen molar-refractivity contribution in [2.45, 2.75) is 6.10 Å². The first-order valence-electron chi connectivity index (χ1n) is 6.05. The number of esters is 2. The Kier molecular flexibility index (Phi) is 6.96. The lowest BCUT2D eigenvalue weighted by molar-refractivity contribution is -0.158. The Morgan fingerprint density at radius 3 is 2.71 bits per heavy atom.